The molecule has 1 rings (SSSR count). The Bertz CT molecular complexity index is 423. The molecule has 2 atom stereocenters. The molecule has 7 heteroatoms. The fourth-order valence-electron chi connectivity index (χ4n) is 1.57. The SMILES string of the molecule is COc1ccc([C@H](O)C[C@@H](N)C(F)(F)F)cc1OC. The van der Waals surface area contributed by atoms with E-state index in [4.69, 9.17) is 15.2 Å². The van der Waals surface area contributed by atoms with Crippen LogP contribution in [-0.4, -0.2) is 31.5 Å². The number of aliphatic hydroxyl groups is 1. The van der Waals surface area contributed by atoms with Gasteiger partial charge >= 0.3 is 6.18 Å². The second-order valence-electron chi connectivity index (χ2n) is 4.01. The van der Waals surface area contributed by atoms with Crippen molar-refractivity contribution >= 4 is 0 Å². The standard InChI is InChI=1S/C12H16F3NO3/c1-18-9-4-3-7(5-10(9)19-2)8(17)6-11(16)12(13,14)15/h3-5,8,11,17H,6,16H2,1-2H3/t8-,11-/m1/s1. The minimum atomic E-state index is -4.53. The summed E-state index contributed by atoms with van der Waals surface area (Å²) in [7, 11) is 2.84. The van der Waals surface area contributed by atoms with Crippen molar-refractivity contribution in [1.82, 2.24) is 0 Å². The van der Waals surface area contributed by atoms with Crippen LogP contribution < -0.4 is 15.2 Å². The molecule has 0 radical (unpaired) electrons. The van der Waals surface area contributed by atoms with E-state index >= 15 is 0 Å². The molecule has 0 aliphatic carbocycles. The smallest absolute Gasteiger partial charge is 0.403 e. The number of ether oxygens (including phenoxy) is 2. The molecule has 19 heavy (non-hydrogen) atoms. The molecule has 0 amide bonds. The maximum Gasteiger partial charge on any atom is 0.403 e. The van der Waals surface area contributed by atoms with Crippen LogP contribution in [0.2, 0.25) is 0 Å². The van der Waals surface area contributed by atoms with E-state index in [0.29, 0.717) is 11.5 Å². The lowest BCUT2D eigenvalue weighted by atomic mass is 10.0. The van der Waals surface area contributed by atoms with Gasteiger partial charge in [-0.3, -0.25) is 0 Å². The van der Waals surface area contributed by atoms with Crippen LogP contribution in [0.5, 0.6) is 11.5 Å². The highest BCUT2D eigenvalue weighted by molar-refractivity contribution is 5.43. The highest BCUT2D eigenvalue weighted by Crippen LogP contribution is 2.32. The summed E-state index contributed by atoms with van der Waals surface area (Å²) in [5.74, 6) is 0.762. The van der Waals surface area contributed by atoms with Crippen molar-refractivity contribution in [3.8, 4) is 11.5 Å². The molecule has 0 fully saturated rings. The number of nitrogens with two attached hydrogens (primary N) is 1. The van der Waals surface area contributed by atoms with Gasteiger partial charge in [0.25, 0.3) is 0 Å². The van der Waals surface area contributed by atoms with E-state index < -0.39 is 24.7 Å². The normalized spacial score (nSPS) is 14.9. The molecule has 1 aromatic rings. The summed E-state index contributed by atoms with van der Waals surface area (Å²) in [5, 5.41) is 9.76. The predicted octanol–water partition coefficient (Wildman–Crippen LogP) is 2.02. The molecule has 1 aromatic carbocycles. The number of methoxy groups -OCH3 is 2. The van der Waals surface area contributed by atoms with Crippen LogP contribution >= 0.6 is 0 Å². The Balaban J connectivity index is 2.85. The number of alkyl halides is 3. The predicted molar refractivity (Wildman–Crippen MR) is 63.2 cm³/mol. The first-order valence-electron chi connectivity index (χ1n) is 5.52. The second-order valence-corrected chi connectivity index (χ2v) is 4.01. The van der Waals surface area contributed by atoms with Crippen LogP contribution in [0.25, 0.3) is 0 Å². The molecule has 0 aromatic heterocycles. The number of benzene rings is 1. The largest absolute Gasteiger partial charge is 0.493 e. The van der Waals surface area contributed by atoms with E-state index in [9.17, 15) is 18.3 Å². The van der Waals surface area contributed by atoms with Gasteiger partial charge in [0.05, 0.1) is 20.3 Å². The minimum absolute atomic E-state index is 0.289. The maximum atomic E-state index is 12.3. The zero-order valence-corrected chi connectivity index (χ0v) is 10.6. The monoisotopic (exact) mass is 279 g/mol. The summed E-state index contributed by atoms with van der Waals surface area (Å²) in [6, 6.07) is 2.33. The Morgan fingerprint density at radius 3 is 2.26 bits per heavy atom. The third-order valence-corrected chi connectivity index (χ3v) is 2.69. The summed E-state index contributed by atoms with van der Waals surface area (Å²) in [6.07, 6.45) is -6.47. The molecule has 0 bridgehead atoms. The van der Waals surface area contributed by atoms with E-state index in [1.165, 1.54) is 32.4 Å². The van der Waals surface area contributed by atoms with Gasteiger partial charge in [-0.15, -0.1) is 0 Å². The van der Waals surface area contributed by atoms with Crippen LogP contribution in [-0.2, 0) is 0 Å². The van der Waals surface area contributed by atoms with Crippen molar-refractivity contribution in [2.75, 3.05) is 14.2 Å². The van der Waals surface area contributed by atoms with Gasteiger partial charge in [-0.05, 0) is 17.7 Å². The Morgan fingerprint density at radius 1 is 1.21 bits per heavy atom. The number of hydrogen-bond donors (Lipinski definition) is 2. The molecular formula is C12H16F3NO3. The summed E-state index contributed by atoms with van der Waals surface area (Å²) in [6.45, 7) is 0. The number of aliphatic hydroxyl groups excluding tert-OH is 1. The molecule has 0 unspecified atom stereocenters. The van der Waals surface area contributed by atoms with Crippen molar-refractivity contribution in [2.45, 2.75) is 24.7 Å². The average Bonchev–Trinajstić information content (AvgIpc) is 2.36. The van der Waals surface area contributed by atoms with Crippen molar-refractivity contribution in [2.24, 2.45) is 5.73 Å². The van der Waals surface area contributed by atoms with Gasteiger partial charge in [0, 0.05) is 6.42 Å². The highest BCUT2D eigenvalue weighted by Gasteiger charge is 2.38. The summed E-state index contributed by atoms with van der Waals surface area (Å²) < 4.78 is 46.9. The van der Waals surface area contributed by atoms with Crippen LogP contribution in [0.4, 0.5) is 13.2 Å². The minimum Gasteiger partial charge on any atom is -0.493 e. The van der Waals surface area contributed by atoms with E-state index in [0.717, 1.165) is 0 Å². The van der Waals surface area contributed by atoms with Crippen LogP contribution in [0.1, 0.15) is 18.1 Å². The first kappa shape index (κ1) is 15.6. The average molecular weight is 279 g/mol. The zero-order valence-electron chi connectivity index (χ0n) is 10.6. The Kier molecular flexibility index (Phi) is 5.02. The Morgan fingerprint density at radius 2 is 1.79 bits per heavy atom. The fraction of sp³-hybridized carbons (Fsp3) is 0.500. The van der Waals surface area contributed by atoms with Gasteiger partial charge in [0.2, 0.25) is 0 Å². The molecule has 0 aliphatic heterocycles. The number of hydrogen-bond acceptors (Lipinski definition) is 4. The summed E-state index contributed by atoms with van der Waals surface area (Å²) >= 11 is 0. The molecule has 0 spiro atoms. The third kappa shape index (κ3) is 4.00. The van der Waals surface area contributed by atoms with Crippen molar-refractivity contribution in [3.05, 3.63) is 23.8 Å². The topological polar surface area (TPSA) is 64.7 Å². The van der Waals surface area contributed by atoms with Crippen molar-refractivity contribution in [3.63, 3.8) is 0 Å². The third-order valence-electron chi connectivity index (χ3n) is 2.69. The molecule has 0 heterocycles. The molecule has 3 N–H and O–H groups in total. The first-order valence-corrected chi connectivity index (χ1v) is 5.52. The lowest BCUT2D eigenvalue weighted by Crippen LogP contribution is -2.38. The van der Waals surface area contributed by atoms with Crippen molar-refractivity contribution in [1.29, 1.82) is 0 Å². The van der Waals surface area contributed by atoms with E-state index in [-0.39, 0.29) is 5.56 Å². The van der Waals surface area contributed by atoms with Gasteiger partial charge in [-0.1, -0.05) is 6.07 Å². The van der Waals surface area contributed by atoms with E-state index in [1.54, 1.807) is 0 Å². The van der Waals surface area contributed by atoms with Gasteiger partial charge in [-0.25, -0.2) is 0 Å². The molecule has 0 aliphatic rings. The van der Waals surface area contributed by atoms with Crippen molar-refractivity contribution < 1.29 is 27.8 Å². The highest BCUT2D eigenvalue weighted by atomic mass is 19.4. The zero-order chi connectivity index (χ0) is 14.6. The number of halogens is 3. The summed E-state index contributed by atoms with van der Waals surface area (Å²) in [4.78, 5) is 0. The quantitative estimate of drug-likeness (QED) is 0.865. The van der Waals surface area contributed by atoms with Crippen LogP contribution in [0.3, 0.4) is 0 Å². The second kappa shape index (κ2) is 6.12. The summed E-state index contributed by atoms with van der Waals surface area (Å²) in [5.41, 5.74) is 5.26. The Hall–Kier alpha value is -1.47. The Labute approximate surface area is 108 Å². The maximum absolute atomic E-state index is 12.3. The van der Waals surface area contributed by atoms with Crippen LogP contribution in [0, 0.1) is 0 Å². The van der Waals surface area contributed by atoms with Gasteiger partial charge in [-0.2, -0.15) is 13.2 Å². The molecule has 108 valence electrons. The molecule has 4 nitrogen and oxygen atoms in total. The molecular weight excluding hydrogens is 263 g/mol. The lowest BCUT2D eigenvalue weighted by molar-refractivity contribution is -0.153. The fourth-order valence-corrected chi connectivity index (χ4v) is 1.57. The number of rotatable bonds is 5. The van der Waals surface area contributed by atoms with Crippen LogP contribution in [0.15, 0.2) is 18.2 Å². The van der Waals surface area contributed by atoms with Gasteiger partial charge < -0.3 is 20.3 Å². The van der Waals surface area contributed by atoms with Gasteiger partial charge in [0.15, 0.2) is 11.5 Å². The van der Waals surface area contributed by atoms with E-state index in [2.05, 4.69) is 0 Å². The first-order chi connectivity index (χ1) is 8.79. The lowest BCUT2D eigenvalue weighted by Gasteiger charge is -2.20. The molecule has 0 saturated heterocycles. The molecule has 0 saturated carbocycles. The van der Waals surface area contributed by atoms with Gasteiger partial charge in [0.1, 0.15) is 6.04 Å². The van der Waals surface area contributed by atoms with E-state index in [1.807, 2.05) is 0 Å².